The van der Waals surface area contributed by atoms with Gasteiger partial charge in [0.05, 0.1) is 0 Å². The zero-order chi connectivity index (χ0) is 14.4. The van der Waals surface area contributed by atoms with Crippen molar-refractivity contribution >= 4 is 17.3 Å². The highest BCUT2D eigenvalue weighted by Crippen LogP contribution is 2.54. The highest BCUT2D eigenvalue weighted by atomic mass is 35.5. The van der Waals surface area contributed by atoms with Crippen molar-refractivity contribution < 1.29 is 30.7 Å². The lowest BCUT2D eigenvalue weighted by molar-refractivity contribution is -0.348. The number of rotatable bonds is 1. The van der Waals surface area contributed by atoms with Gasteiger partial charge in [-0.2, -0.15) is 26.3 Å². The second-order valence-electron chi connectivity index (χ2n) is 3.39. The third-order valence-corrected chi connectivity index (χ3v) is 2.46. The van der Waals surface area contributed by atoms with Crippen LogP contribution in [0.25, 0.3) is 0 Å². The van der Waals surface area contributed by atoms with Crippen LogP contribution in [-0.2, 0) is 5.67 Å². The minimum absolute atomic E-state index is 0.185. The third kappa shape index (κ3) is 2.21. The summed E-state index contributed by atoms with van der Waals surface area (Å²) in [6, 6.07) is 1.58. The number of benzene rings is 1. The van der Waals surface area contributed by atoms with E-state index < -0.39 is 28.6 Å². The van der Waals surface area contributed by atoms with E-state index in [2.05, 4.69) is 0 Å². The number of hydrogen-bond donors (Lipinski definition) is 1. The normalized spacial score (nSPS) is 13.8. The Bertz CT molecular complexity index is 437. The van der Waals surface area contributed by atoms with Crippen LogP contribution in [0.3, 0.4) is 0 Å². The zero-order valence-corrected chi connectivity index (χ0v) is 9.09. The lowest BCUT2D eigenvalue weighted by atomic mass is 9.94. The van der Waals surface area contributed by atoms with Gasteiger partial charge in [-0.25, -0.2) is 4.39 Å². The van der Waals surface area contributed by atoms with Crippen LogP contribution in [-0.4, -0.2) is 12.4 Å². The molecule has 0 aliphatic heterocycles. The van der Waals surface area contributed by atoms with Crippen LogP contribution in [0.5, 0.6) is 0 Å². The van der Waals surface area contributed by atoms with Gasteiger partial charge in [0.15, 0.2) is 0 Å². The summed E-state index contributed by atoms with van der Waals surface area (Å²) < 4.78 is 87.8. The summed E-state index contributed by atoms with van der Waals surface area (Å²) >= 11 is 5.21. The molecule has 9 heteroatoms. The van der Waals surface area contributed by atoms with Gasteiger partial charge in [-0.3, -0.25) is 0 Å². The number of alkyl halides is 7. The molecule has 0 saturated carbocycles. The first kappa shape index (κ1) is 14.9. The topological polar surface area (TPSA) is 26.0 Å². The second-order valence-corrected chi connectivity index (χ2v) is 3.80. The lowest BCUT2D eigenvalue weighted by Gasteiger charge is -2.30. The molecule has 0 aliphatic carbocycles. The molecule has 0 radical (unpaired) electrons. The van der Waals surface area contributed by atoms with Crippen LogP contribution in [0.1, 0.15) is 5.56 Å². The molecule has 0 spiro atoms. The van der Waals surface area contributed by atoms with Crippen LogP contribution in [0, 0.1) is 0 Å². The molecule has 2 N–H and O–H groups in total. The molecule has 102 valence electrons. The Morgan fingerprint density at radius 2 is 1.33 bits per heavy atom. The fourth-order valence-corrected chi connectivity index (χ4v) is 1.60. The Labute approximate surface area is 101 Å². The maximum absolute atomic E-state index is 13.6. The van der Waals surface area contributed by atoms with Crippen LogP contribution in [0.4, 0.5) is 36.4 Å². The molecule has 0 unspecified atom stereocenters. The first-order valence-corrected chi connectivity index (χ1v) is 4.67. The third-order valence-electron chi connectivity index (χ3n) is 2.15. The van der Waals surface area contributed by atoms with Gasteiger partial charge in [0.2, 0.25) is 0 Å². The monoisotopic (exact) mass is 295 g/mol. The molecule has 0 aromatic heterocycles. The van der Waals surface area contributed by atoms with Crippen molar-refractivity contribution in [3.05, 3.63) is 28.8 Å². The van der Waals surface area contributed by atoms with Crippen molar-refractivity contribution in [1.29, 1.82) is 0 Å². The van der Waals surface area contributed by atoms with E-state index >= 15 is 0 Å². The first-order chi connectivity index (χ1) is 7.91. The average Bonchev–Trinajstić information content (AvgIpc) is 2.12. The number of nitrogen functional groups attached to an aromatic ring is 1. The van der Waals surface area contributed by atoms with E-state index in [9.17, 15) is 30.7 Å². The van der Waals surface area contributed by atoms with Crippen LogP contribution < -0.4 is 5.73 Å². The SMILES string of the molecule is Nc1ccc(C(F)(C(F)(F)F)C(F)(F)F)c(Cl)c1. The molecule has 1 aromatic rings. The Balaban J connectivity index is 3.56. The molecule has 0 amide bonds. The molecular weight excluding hydrogens is 291 g/mol. The summed E-state index contributed by atoms with van der Waals surface area (Å²) in [6.07, 6.45) is -12.4. The summed E-state index contributed by atoms with van der Waals surface area (Å²) in [6.45, 7) is 0. The molecule has 0 heterocycles. The quantitative estimate of drug-likeness (QED) is 0.609. The van der Waals surface area contributed by atoms with Gasteiger partial charge in [0.25, 0.3) is 0 Å². The first-order valence-electron chi connectivity index (χ1n) is 4.29. The maximum Gasteiger partial charge on any atom is 0.436 e. The predicted molar refractivity (Wildman–Crippen MR) is 50.8 cm³/mol. The fraction of sp³-hybridized carbons (Fsp3) is 0.333. The van der Waals surface area contributed by atoms with Crippen LogP contribution in [0.15, 0.2) is 18.2 Å². The van der Waals surface area contributed by atoms with Gasteiger partial charge >= 0.3 is 18.0 Å². The van der Waals surface area contributed by atoms with Crippen molar-refractivity contribution in [3.8, 4) is 0 Å². The Kier molecular flexibility index (Phi) is 3.46. The van der Waals surface area contributed by atoms with E-state index in [1.165, 1.54) is 0 Å². The second kappa shape index (κ2) is 4.18. The lowest BCUT2D eigenvalue weighted by Crippen LogP contribution is -2.50. The molecule has 0 aliphatic rings. The van der Waals surface area contributed by atoms with E-state index in [4.69, 9.17) is 17.3 Å². The predicted octanol–water partition coefficient (Wildman–Crippen LogP) is 4.21. The van der Waals surface area contributed by atoms with Gasteiger partial charge in [0, 0.05) is 16.3 Å². The summed E-state index contributed by atoms with van der Waals surface area (Å²) in [7, 11) is 0. The number of anilines is 1. The molecule has 0 saturated heterocycles. The molecular formula is C9H5ClF7N. The van der Waals surface area contributed by atoms with Crippen molar-refractivity contribution in [2.24, 2.45) is 0 Å². The van der Waals surface area contributed by atoms with Gasteiger partial charge in [-0.1, -0.05) is 17.7 Å². The molecule has 1 rings (SSSR count). The molecule has 1 nitrogen and oxygen atoms in total. The highest BCUT2D eigenvalue weighted by molar-refractivity contribution is 6.31. The Hall–Kier alpha value is -1.18. The molecule has 1 aromatic carbocycles. The van der Waals surface area contributed by atoms with E-state index in [-0.39, 0.29) is 11.8 Å². The largest absolute Gasteiger partial charge is 0.436 e. The number of nitrogens with two attached hydrogens (primary N) is 1. The summed E-state index contributed by atoms with van der Waals surface area (Å²) in [4.78, 5) is 0. The smallest absolute Gasteiger partial charge is 0.399 e. The van der Waals surface area contributed by atoms with E-state index in [0.717, 1.165) is 0 Å². The number of halogens is 8. The fourth-order valence-electron chi connectivity index (χ4n) is 1.28. The number of hydrogen-bond acceptors (Lipinski definition) is 1. The molecule has 0 atom stereocenters. The minimum atomic E-state index is -6.19. The minimum Gasteiger partial charge on any atom is -0.399 e. The van der Waals surface area contributed by atoms with Crippen molar-refractivity contribution in [1.82, 2.24) is 0 Å². The van der Waals surface area contributed by atoms with Crippen molar-refractivity contribution in [2.75, 3.05) is 5.73 Å². The van der Waals surface area contributed by atoms with E-state index in [0.29, 0.717) is 12.1 Å². The van der Waals surface area contributed by atoms with Crippen molar-refractivity contribution in [3.63, 3.8) is 0 Å². The summed E-state index contributed by atoms with van der Waals surface area (Å²) in [5, 5.41) is -1.05. The molecule has 0 bridgehead atoms. The van der Waals surface area contributed by atoms with Gasteiger partial charge < -0.3 is 5.73 Å². The van der Waals surface area contributed by atoms with Gasteiger partial charge in [-0.15, -0.1) is 0 Å². The van der Waals surface area contributed by atoms with Crippen molar-refractivity contribution in [2.45, 2.75) is 18.0 Å². The Morgan fingerprint density at radius 1 is 0.889 bits per heavy atom. The van der Waals surface area contributed by atoms with Gasteiger partial charge in [-0.05, 0) is 12.1 Å². The van der Waals surface area contributed by atoms with Gasteiger partial charge in [0.1, 0.15) is 0 Å². The Morgan fingerprint density at radius 3 is 1.67 bits per heavy atom. The van der Waals surface area contributed by atoms with Crippen LogP contribution >= 0.6 is 11.6 Å². The van der Waals surface area contributed by atoms with E-state index in [1.807, 2.05) is 0 Å². The van der Waals surface area contributed by atoms with E-state index in [1.54, 1.807) is 0 Å². The molecule has 0 fully saturated rings. The highest BCUT2D eigenvalue weighted by Gasteiger charge is 2.74. The maximum atomic E-state index is 13.6. The molecule has 18 heavy (non-hydrogen) atoms. The zero-order valence-electron chi connectivity index (χ0n) is 8.33. The average molecular weight is 296 g/mol. The standard InChI is InChI=1S/C9H5ClF7N/c10-6-3-4(18)1-2-5(6)7(11,8(12,13)14)9(15,16)17/h1-3H,18H2. The van der Waals surface area contributed by atoms with Crippen LogP contribution in [0.2, 0.25) is 5.02 Å². The summed E-state index contributed by atoms with van der Waals surface area (Å²) in [5.41, 5.74) is -2.34. The summed E-state index contributed by atoms with van der Waals surface area (Å²) in [5.74, 6) is 0.